The van der Waals surface area contributed by atoms with Gasteiger partial charge in [-0.25, -0.2) is 0 Å². The molecule has 0 unspecified atom stereocenters. The van der Waals surface area contributed by atoms with Gasteiger partial charge in [-0.05, 0) is 49.1 Å². The fourth-order valence-electron chi connectivity index (χ4n) is 4.48. The van der Waals surface area contributed by atoms with Crippen molar-refractivity contribution < 1.29 is 23.8 Å². The molecule has 6 nitrogen and oxygen atoms in total. The number of fused-ring (bicyclic) bond motifs is 3. The zero-order valence-electron chi connectivity index (χ0n) is 14.9. The number of esters is 1. The number of benzene rings is 1. The Morgan fingerprint density at radius 1 is 1.12 bits per heavy atom. The van der Waals surface area contributed by atoms with E-state index in [-0.39, 0.29) is 18.5 Å². The van der Waals surface area contributed by atoms with Gasteiger partial charge in [-0.15, -0.1) is 0 Å². The van der Waals surface area contributed by atoms with Gasteiger partial charge in [0.05, 0.1) is 13.2 Å². The lowest BCUT2D eigenvalue weighted by molar-refractivity contribution is -0.148. The first-order valence-corrected chi connectivity index (χ1v) is 9.52. The zero-order valence-corrected chi connectivity index (χ0v) is 14.9. The first-order chi connectivity index (χ1) is 12.7. The van der Waals surface area contributed by atoms with E-state index in [0.717, 1.165) is 18.8 Å². The molecule has 2 aliphatic carbocycles. The van der Waals surface area contributed by atoms with Gasteiger partial charge in [0.25, 0.3) is 5.91 Å². The molecule has 26 heavy (non-hydrogen) atoms. The van der Waals surface area contributed by atoms with Crippen molar-refractivity contribution in [3.05, 3.63) is 18.2 Å². The molecule has 3 aliphatic rings. The van der Waals surface area contributed by atoms with Gasteiger partial charge in [-0.1, -0.05) is 6.42 Å². The first-order valence-electron chi connectivity index (χ1n) is 9.52. The molecule has 0 spiro atoms. The summed E-state index contributed by atoms with van der Waals surface area (Å²) in [5, 5.41) is 2.74. The number of carbonyl (C=O) groups is 2. The number of ether oxygens (including phenoxy) is 3. The Bertz CT molecular complexity index is 689. The standard InChI is InChI=1S/C20H25NO5/c22-19(12-26-20(23)10-15-9-13-2-3-14(15)8-13)21-16-4-5-17-18(11-16)25-7-1-6-24-17/h4-5,11,13-15H,1-3,6-10,12H2,(H,21,22)/t13-,14-,15+/m1/s1. The smallest absolute Gasteiger partial charge is 0.306 e. The predicted octanol–water partition coefficient (Wildman–Crippen LogP) is 3.16. The Morgan fingerprint density at radius 2 is 1.96 bits per heavy atom. The maximum Gasteiger partial charge on any atom is 0.306 e. The van der Waals surface area contributed by atoms with Crippen LogP contribution in [0, 0.1) is 17.8 Å². The molecule has 140 valence electrons. The maximum absolute atomic E-state index is 12.1. The summed E-state index contributed by atoms with van der Waals surface area (Å²) in [4.78, 5) is 24.1. The van der Waals surface area contributed by atoms with E-state index in [2.05, 4.69) is 5.32 Å². The van der Waals surface area contributed by atoms with Crippen molar-refractivity contribution in [2.45, 2.75) is 38.5 Å². The van der Waals surface area contributed by atoms with Gasteiger partial charge in [0, 0.05) is 24.6 Å². The van der Waals surface area contributed by atoms with Crippen LogP contribution in [0.4, 0.5) is 5.69 Å². The zero-order chi connectivity index (χ0) is 17.9. The lowest BCUT2D eigenvalue weighted by Gasteiger charge is -2.20. The molecule has 1 aliphatic heterocycles. The number of hydrogen-bond acceptors (Lipinski definition) is 5. The summed E-state index contributed by atoms with van der Waals surface area (Å²) in [6, 6.07) is 5.26. The molecule has 1 heterocycles. The van der Waals surface area contributed by atoms with E-state index in [1.54, 1.807) is 18.2 Å². The first kappa shape index (κ1) is 17.2. The van der Waals surface area contributed by atoms with Crippen molar-refractivity contribution >= 4 is 17.6 Å². The molecular weight excluding hydrogens is 334 g/mol. The molecule has 0 radical (unpaired) electrons. The van der Waals surface area contributed by atoms with Crippen molar-refractivity contribution in [3.8, 4) is 11.5 Å². The van der Waals surface area contributed by atoms with E-state index in [9.17, 15) is 9.59 Å². The van der Waals surface area contributed by atoms with E-state index < -0.39 is 0 Å². The molecular formula is C20H25NO5. The van der Waals surface area contributed by atoms with E-state index in [4.69, 9.17) is 14.2 Å². The Hall–Kier alpha value is -2.24. The van der Waals surface area contributed by atoms with Crippen molar-refractivity contribution in [2.75, 3.05) is 25.1 Å². The molecule has 3 atom stereocenters. The second-order valence-electron chi connectivity index (χ2n) is 7.56. The summed E-state index contributed by atoms with van der Waals surface area (Å²) in [7, 11) is 0. The predicted molar refractivity (Wildman–Crippen MR) is 95.2 cm³/mol. The molecule has 2 fully saturated rings. The van der Waals surface area contributed by atoms with Crippen molar-refractivity contribution in [1.82, 2.24) is 0 Å². The lowest BCUT2D eigenvalue weighted by atomic mass is 9.86. The number of rotatable bonds is 5. The monoisotopic (exact) mass is 359 g/mol. The molecule has 2 saturated carbocycles. The average Bonchev–Trinajstić information content (AvgIpc) is 3.16. The van der Waals surface area contributed by atoms with Crippen LogP contribution < -0.4 is 14.8 Å². The molecule has 1 aromatic carbocycles. The highest BCUT2D eigenvalue weighted by molar-refractivity contribution is 5.93. The number of amides is 1. The lowest BCUT2D eigenvalue weighted by Crippen LogP contribution is -2.23. The number of nitrogens with one attached hydrogen (secondary N) is 1. The van der Waals surface area contributed by atoms with Gasteiger partial charge in [-0.3, -0.25) is 9.59 Å². The third-order valence-electron chi connectivity index (χ3n) is 5.71. The Labute approximate surface area is 153 Å². The highest BCUT2D eigenvalue weighted by Gasteiger charge is 2.40. The normalized spacial score (nSPS) is 26.2. The summed E-state index contributed by atoms with van der Waals surface area (Å²) < 4.78 is 16.3. The second kappa shape index (κ2) is 7.56. The van der Waals surface area contributed by atoms with Crippen LogP contribution in [-0.2, 0) is 14.3 Å². The fourth-order valence-corrected chi connectivity index (χ4v) is 4.48. The van der Waals surface area contributed by atoms with Crippen LogP contribution in [0.15, 0.2) is 18.2 Å². The Morgan fingerprint density at radius 3 is 2.73 bits per heavy atom. The SMILES string of the molecule is O=C(COC(=O)C[C@@H]1C[C@@H]2CC[C@@H]1C2)Nc1ccc2c(c1)OCCCO2. The van der Waals surface area contributed by atoms with Crippen LogP contribution in [0.2, 0.25) is 0 Å². The number of anilines is 1. The fraction of sp³-hybridized carbons (Fsp3) is 0.600. The topological polar surface area (TPSA) is 73.9 Å². The van der Waals surface area contributed by atoms with Gasteiger partial charge in [0.15, 0.2) is 18.1 Å². The number of hydrogen-bond donors (Lipinski definition) is 1. The van der Waals surface area contributed by atoms with Crippen LogP contribution in [-0.4, -0.2) is 31.7 Å². The summed E-state index contributed by atoms with van der Waals surface area (Å²) in [5.74, 6) is 2.62. The minimum atomic E-state index is -0.346. The van der Waals surface area contributed by atoms with Gasteiger partial charge in [0.1, 0.15) is 0 Å². The largest absolute Gasteiger partial charge is 0.490 e. The molecule has 4 rings (SSSR count). The minimum absolute atomic E-state index is 0.256. The number of carbonyl (C=O) groups excluding carboxylic acids is 2. The molecule has 1 N–H and O–H groups in total. The van der Waals surface area contributed by atoms with E-state index in [0.29, 0.717) is 48.7 Å². The molecule has 2 bridgehead atoms. The minimum Gasteiger partial charge on any atom is -0.490 e. The van der Waals surface area contributed by atoms with Crippen molar-refractivity contribution in [2.24, 2.45) is 17.8 Å². The molecule has 6 heteroatoms. The highest BCUT2D eigenvalue weighted by atomic mass is 16.5. The summed E-state index contributed by atoms with van der Waals surface area (Å²) >= 11 is 0. The van der Waals surface area contributed by atoms with Crippen LogP contribution in [0.1, 0.15) is 38.5 Å². The summed E-state index contributed by atoms with van der Waals surface area (Å²) in [6.07, 6.45) is 6.24. The van der Waals surface area contributed by atoms with Crippen LogP contribution in [0.5, 0.6) is 11.5 Å². The van der Waals surface area contributed by atoms with E-state index >= 15 is 0 Å². The third kappa shape index (κ3) is 3.94. The van der Waals surface area contributed by atoms with Gasteiger partial charge in [-0.2, -0.15) is 0 Å². The summed E-state index contributed by atoms with van der Waals surface area (Å²) in [6.45, 7) is 0.955. The van der Waals surface area contributed by atoms with Gasteiger partial charge < -0.3 is 19.5 Å². The van der Waals surface area contributed by atoms with Crippen LogP contribution in [0.3, 0.4) is 0 Å². The van der Waals surface area contributed by atoms with Crippen LogP contribution >= 0.6 is 0 Å². The van der Waals surface area contributed by atoms with Gasteiger partial charge >= 0.3 is 5.97 Å². The maximum atomic E-state index is 12.1. The Balaban J connectivity index is 1.24. The molecule has 1 amide bonds. The molecule has 1 aromatic rings. The highest BCUT2D eigenvalue weighted by Crippen LogP contribution is 2.49. The molecule has 0 aromatic heterocycles. The van der Waals surface area contributed by atoms with Gasteiger partial charge in [0.2, 0.25) is 0 Å². The van der Waals surface area contributed by atoms with Crippen molar-refractivity contribution in [1.29, 1.82) is 0 Å². The third-order valence-corrected chi connectivity index (χ3v) is 5.71. The van der Waals surface area contributed by atoms with Crippen LogP contribution in [0.25, 0.3) is 0 Å². The average molecular weight is 359 g/mol. The Kier molecular flexibility index (Phi) is 5.00. The van der Waals surface area contributed by atoms with E-state index in [1.165, 1.54) is 19.3 Å². The van der Waals surface area contributed by atoms with E-state index in [1.807, 2.05) is 0 Å². The van der Waals surface area contributed by atoms with Crippen molar-refractivity contribution in [3.63, 3.8) is 0 Å². The molecule has 0 saturated heterocycles. The summed E-state index contributed by atoms with van der Waals surface area (Å²) in [5.41, 5.74) is 0.600. The quantitative estimate of drug-likeness (QED) is 0.818. The second-order valence-corrected chi connectivity index (χ2v) is 7.56.